The van der Waals surface area contributed by atoms with Crippen LogP contribution in [0, 0.1) is 0 Å². The molecule has 9 nitrogen and oxygen atoms in total. The SMILES string of the molecule is COC[C@H]1O[C@@H](n2ccc(=O)[nH]c2=O)C(=O)C1O[Si](O)(C(C)C)C(C)C. The summed E-state index contributed by atoms with van der Waals surface area (Å²) in [7, 11) is -1.78. The molecule has 1 aromatic heterocycles. The van der Waals surface area contributed by atoms with Gasteiger partial charge in [0.2, 0.25) is 5.78 Å². The zero-order valence-corrected chi connectivity index (χ0v) is 16.6. The molecule has 1 saturated heterocycles. The lowest BCUT2D eigenvalue weighted by molar-refractivity contribution is -0.130. The van der Waals surface area contributed by atoms with Crippen molar-refractivity contribution in [2.45, 2.75) is 57.2 Å². The number of methoxy groups -OCH3 is 1. The van der Waals surface area contributed by atoms with Crippen molar-refractivity contribution in [1.29, 1.82) is 0 Å². The molecule has 2 rings (SSSR count). The van der Waals surface area contributed by atoms with Gasteiger partial charge in [0, 0.05) is 19.4 Å². The smallest absolute Gasteiger partial charge is 0.341 e. The number of nitrogens with zero attached hydrogens (tertiary/aromatic N) is 1. The molecule has 0 bridgehead atoms. The Bertz CT molecular complexity index is 749. The van der Waals surface area contributed by atoms with Crippen LogP contribution in [0.4, 0.5) is 0 Å². The number of ketones is 1. The fraction of sp³-hybridized carbons (Fsp3) is 0.688. The van der Waals surface area contributed by atoms with Crippen molar-refractivity contribution in [2.75, 3.05) is 13.7 Å². The van der Waals surface area contributed by atoms with Crippen LogP contribution in [-0.4, -0.2) is 54.6 Å². The minimum absolute atomic E-state index is 0.0612. The molecule has 0 amide bonds. The second kappa shape index (κ2) is 7.97. The van der Waals surface area contributed by atoms with Crippen LogP contribution in [0.5, 0.6) is 0 Å². The van der Waals surface area contributed by atoms with E-state index in [-0.39, 0.29) is 17.7 Å². The highest BCUT2D eigenvalue weighted by Crippen LogP contribution is 2.36. The van der Waals surface area contributed by atoms with Gasteiger partial charge in [0.25, 0.3) is 5.56 Å². The molecular formula is C16H26N2O7Si. The van der Waals surface area contributed by atoms with E-state index in [4.69, 9.17) is 13.9 Å². The molecule has 0 aromatic carbocycles. The van der Waals surface area contributed by atoms with Crippen molar-refractivity contribution >= 4 is 14.3 Å². The molecule has 0 aliphatic carbocycles. The summed E-state index contributed by atoms with van der Waals surface area (Å²) in [6, 6.07) is 1.13. The first-order valence-electron chi connectivity index (χ1n) is 8.51. The second-order valence-electron chi connectivity index (χ2n) is 7.00. The Balaban J connectivity index is 2.37. The number of aromatic amines is 1. The molecule has 1 aliphatic heterocycles. The lowest BCUT2D eigenvalue weighted by Crippen LogP contribution is -2.51. The van der Waals surface area contributed by atoms with Gasteiger partial charge in [0.05, 0.1) is 6.61 Å². The van der Waals surface area contributed by atoms with E-state index in [2.05, 4.69) is 4.98 Å². The van der Waals surface area contributed by atoms with Gasteiger partial charge in [-0.05, 0) is 11.1 Å². The fourth-order valence-electron chi connectivity index (χ4n) is 3.01. The Morgan fingerprint density at radius 2 is 1.88 bits per heavy atom. The molecule has 2 heterocycles. The molecule has 10 heteroatoms. The summed E-state index contributed by atoms with van der Waals surface area (Å²) < 4.78 is 17.8. The van der Waals surface area contributed by atoms with Crippen LogP contribution < -0.4 is 11.2 Å². The number of rotatable bonds is 7. The summed E-state index contributed by atoms with van der Waals surface area (Å²) in [6.45, 7) is 7.46. The number of carbonyl (C=O) groups excluding carboxylic acids is 1. The van der Waals surface area contributed by atoms with Gasteiger partial charge in [-0.2, -0.15) is 0 Å². The van der Waals surface area contributed by atoms with Crippen LogP contribution in [0.3, 0.4) is 0 Å². The zero-order chi connectivity index (χ0) is 19.6. The van der Waals surface area contributed by atoms with E-state index in [9.17, 15) is 19.2 Å². The predicted octanol–water partition coefficient (Wildman–Crippen LogP) is 0.289. The van der Waals surface area contributed by atoms with Gasteiger partial charge in [0.15, 0.2) is 6.23 Å². The molecule has 0 radical (unpaired) electrons. The molecule has 0 spiro atoms. The van der Waals surface area contributed by atoms with Gasteiger partial charge in [-0.15, -0.1) is 0 Å². The lowest BCUT2D eigenvalue weighted by Gasteiger charge is -2.35. The summed E-state index contributed by atoms with van der Waals surface area (Å²) in [6.07, 6.45) is -1.88. The van der Waals surface area contributed by atoms with Crippen molar-refractivity contribution in [2.24, 2.45) is 0 Å². The molecule has 26 heavy (non-hydrogen) atoms. The number of Topliss-reactive ketones (excluding diaryl/α,β-unsaturated/α-hetero) is 1. The van der Waals surface area contributed by atoms with Crippen LogP contribution in [0.2, 0.25) is 11.1 Å². The molecule has 1 aliphatic rings. The molecular weight excluding hydrogens is 360 g/mol. The van der Waals surface area contributed by atoms with Gasteiger partial charge in [-0.25, -0.2) is 4.79 Å². The van der Waals surface area contributed by atoms with E-state index in [0.29, 0.717) is 0 Å². The van der Waals surface area contributed by atoms with Crippen LogP contribution in [0.25, 0.3) is 0 Å². The maximum absolute atomic E-state index is 12.9. The van der Waals surface area contributed by atoms with E-state index in [1.807, 2.05) is 27.7 Å². The molecule has 2 N–H and O–H groups in total. The van der Waals surface area contributed by atoms with Crippen molar-refractivity contribution in [3.05, 3.63) is 33.1 Å². The Morgan fingerprint density at radius 3 is 2.38 bits per heavy atom. The first kappa shape index (κ1) is 20.7. The number of hydrogen-bond acceptors (Lipinski definition) is 7. The number of nitrogens with one attached hydrogen (secondary N) is 1. The predicted molar refractivity (Wildman–Crippen MR) is 95.2 cm³/mol. The third kappa shape index (κ3) is 3.89. The summed E-state index contributed by atoms with van der Waals surface area (Å²) in [4.78, 5) is 49.3. The molecule has 0 saturated carbocycles. The van der Waals surface area contributed by atoms with Crippen LogP contribution >= 0.6 is 0 Å². The lowest BCUT2D eigenvalue weighted by atomic mass is 10.1. The van der Waals surface area contributed by atoms with Crippen LogP contribution in [0.15, 0.2) is 21.9 Å². The summed E-state index contributed by atoms with van der Waals surface area (Å²) >= 11 is 0. The van der Waals surface area contributed by atoms with Crippen molar-refractivity contribution in [1.82, 2.24) is 9.55 Å². The van der Waals surface area contributed by atoms with E-state index >= 15 is 0 Å². The third-order valence-electron chi connectivity index (χ3n) is 4.57. The van der Waals surface area contributed by atoms with Gasteiger partial charge < -0.3 is 18.7 Å². The summed E-state index contributed by atoms with van der Waals surface area (Å²) in [5.74, 6) is -0.492. The van der Waals surface area contributed by atoms with E-state index in [1.54, 1.807) is 0 Å². The minimum atomic E-state index is -3.24. The van der Waals surface area contributed by atoms with Gasteiger partial charge in [-0.3, -0.25) is 19.1 Å². The molecule has 3 atom stereocenters. The van der Waals surface area contributed by atoms with Gasteiger partial charge >= 0.3 is 14.3 Å². The van der Waals surface area contributed by atoms with Crippen LogP contribution in [0.1, 0.15) is 33.9 Å². The number of aromatic nitrogens is 2. The maximum atomic E-state index is 12.9. The molecule has 1 aromatic rings. The van der Waals surface area contributed by atoms with Gasteiger partial charge in [0.1, 0.15) is 12.2 Å². The van der Waals surface area contributed by atoms with Crippen LogP contribution in [-0.2, 0) is 18.7 Å². The number of ether oxygens (including phenoxy) is 2. The van der Waals surface area contributed by atoms with E-state index in [1.165, 1.54) is 13.3 Å². The first-order valence-corrected chi connectivity index (χ1v) is 10.5. The standard InChI is InChI=1S/C16H26N2O7Si/c1-9(2)26(22,10(3)4)25-14-11(8-23-5)24-15(13(14)20)18-7-6-12(19)17-16(18)21/h6-7,9-11,14-15,22H,8H2,1-5H3,(H,17,19,21)/t11-,14?,15-/m1/s1. The highest BCUT2D eigenvalue weighted by Gasteiger charge is 2.52. The number of hydrogen-bond donors (Lipinski definition) is 2. The van der Waals surface area contributed by atoms with E-state index in [0.717, 1.165) is 10.6 Å². The van der Waals surface area contributed by atoms with Crippen molar-refractivity contribution in [3.63, 3.8) is 0 Å². The fourth-order valence-corrected chi connectivity index (χ4v) is 5.56. The van der Waals surface area contributed by atoms with Gasteiger partial charge in [-0.1, -0.05) is 27.7 Å². The molecule has 1 unspecified atom stereocenters. The Kier molecular flexibility index (Phi) is 6.35. The number of carbonyl (C=O) groups is 1. The Labute approximate surface area is 152 Å². The Morgan fingerprint density at radius 1 is 1.27 bits per heavy atom. The Hall–Kier alpha value is -1.59. The quantitative estimate of drug-likeness (QED) is 0.646. The minimum Gasteiger partial charge on any atom is -0.410 e. The summed E-state index contributed by atoms with van der Waals surface area (Å²) in [5.41, 5.74) is -1.62. The second-order valence-corrected chi connectivity index (χ2v) is 11.1. The average molecular weight is 386 g/mol. The topological polar surface area (TPSA) is 120 Å². The maximum Gasteiger partial charge on any atom is 0.341 e. The highest BCUT2D eigenvalue weighted by atomic mass is 28.4. The largest absolute Gasteiger partial charge is 0.410 e. The molecule has 1 fully saturated rings. The monoisotopic (exact) mass is 386 g/mol. The summed E-state index contributed by atoms with van der Waals surface area (Å²) in [5, 5.41) is 0. The molecule has 146 valence electrons. The van der Waals surface area contributed by atoms with E-state index < -0.39 is 44.0 Å². The number of H-pyrrole nitrogens is 1. The zero-order valence-electron chi connectivity index (χ0n) is 15.6. The van der Waals surface area contributed by atoms with Crippen molar-refractivity contribution < 1.29 is 23.5 Å². The average Bonchev–Trinajstić information content (AvgIpc) is 2.84. The first-order chi connectivity index (χ1) is 12.1. The highest BCUT2D eigenvalue weighted by molar-refractivity contribution is 6.69. The normalized spacial score (nSPS) is 24.0. The third-order valence-corrected chi connectivity index (χ3v) is 8.51. The van der Waals surface area contributed by atoms with Crippen molar-refractivity contribution in [3.8, 4) is 0 Å².